The van der Waals surface area contributed by atoms with E-state index < -0.39 is 9.84 Å². The molecule has 4 rings (SSSR count). The minimum Gasteiger partial charge on any atom is -0.418 e. The van der Waals surface area contributed by atoms with Crippen LogP contribution in [0.2, 0.25) is 5.02 Å². The molecule has 1 aromatic heterocycles. The summed E-state index contributed by atoms with van der Waals surface area (Å²) in [6, 6.07) is 16.5. The summed E-state index contributed by atoms with van der Waals surface area (Å²) >= 11 is 5.83. The van der Waals surface area contributed by atoms with Crippen molar-refractivity contribution < 1.29 is 12.8 Å². The van der Waals surface area contributed by atoms with Crippen molar-refractivity contribution in [1.82, 2.24) is 15.6 Å². The summed E-state index contributed by atoms with van der Waals surface area (Å²) in [6.45, 7) is 0.617. The van der Waals surface area contributed by atoms with Crippen molar-refractivity contribution in [3.63, 3.8) is 0 Å². The van der Waals surface area contributed by atoms with Crippen LogP contribution in [0.15, 0.2) is 64.1 Å². The van der Waals surface area contributed by atoms with Gasteiger partial charge in [-0.3, -0.25) is 0 Å². The molecule has 9 heteroatoms. The SMILES string of the molecule is O=S(=O)(Cc1ccc(Cl)cc1)Cc1nnc(C2=NNCC2c2ccccc2)o1. The molecule has 0 aliphatic carbocycles. The van der Waals surface area contributed by atoms with Gasteiger partial charge in [0.2, 0.25) is 5.89 Å². The van der Waals surface area contributed by atoms with E-state index in [1.807, 2.05) is 30.3 Å². The molecule has 144 valence electrons. The Balaban J connectivity index is 1.49. The average Bonchev–Trinajstić information content (AvgIpc) is 3.33. The zero-order valence-electron chi connectivity index (χ0n) is 14.7. The molecule has 0 saturated heterocycles. The summed E-state index contributed by atoms with van der Waals surface area (Å²) in [5, 5.41) is 12.7. The Hall–Kier alpha value is -2.71. The molecular formula is C19H17ClN4O3S. The molecule has 1 aliphatic rings. The van der Waals surface area contributed by atoms with E-state index in [2.05, 4.69) is 20.7 Å². The predicted octanol–water partition coefficient (Wildman–Crippen LogP) is 2.93. The molecule has 7 nitrogen and oxygen atoms in total. The second kappa shape index (κ2) is 7.73. The Bertz CT molecular complexity index is 1100. The average molecular weight is 417 g/mol. The van der Waals surface area contributed by atoms with Crippen molar-refractivity contribution in [2.45, 2.75) is 17.4 Å². The van der Waals surface area contributed by atoms with Gasteiger partial charge in [0.1, 0.15) is 11.5 Å². The first-order valence-electron chi connectivity index (χ1n) is 8.63. The summed E-state index contributed by atoms with van der Waals surface area (Å²) in [5.74, 6) is -0.211. The van der Waals surface area contributed by atoms with E-state index >= 15 is 0 Å². The maximum atomic E-state index is 12.5. The number of nitrogens with one attached hydrogen (secondary N) is 1. The van der Waals surface area contributed by atoms with Crippen molar-refractivity contribution in [3.05, 3.63) is 82.5 Å². The van der Waals surface area contributed by atoms with Crippen LogP contribution in [0.25, 0.3) is 0 Å². The smallest absolute Gasteiger partial charge is 0.264 e. The number of halogens is 1. The fraction of sp³-hybridized carbons (Fsp3) is 0.211. The van der Waals surface area contributed by atoms with Gasteiger partial charge in [0, 0.05) is 11.6 Å². The van der Waals surface area contributed by atoms with Gasteiger partial charge in [-0.25, -0.2) is 8.42 Å². The molecule has 28 heavy (non-hydrogen) atoms. The summed E-state index contributed by atoms with van der Waals surface area (Å²) in [4.78, 5) is 0. The van der Waals surface area contributed by atoms with Crippen LogP contribution in [0.4, 0.5) is 0 Å². The second-order valence-electron chi connectivity index (χ2n) is 6.48. The zero-order chi connectivity index (χ0) is 19.6. The van der Waals surface area contributed by atoms with Gasteiger partial charge in [-0.05, 0) is 23.3 Å². The van der Waals surface area contributed by atoms with Gasteiger partial charge in [-0.2, -0.15) is 5.10 Å². The minimum absolute atomic E-state index is 0.0276. The minimum atomic E-state index is -3.47. The van der Waals surface area contributed by atoms with Crippen LogP contribution in [-0.2, 0) is 21.3 Å². The number of aromatic nitrogens is 2. The highest BCUT2D eigenvalue weighted by molar-refractivity contribution is 7.89. The van der Waals surface area contributed by atoms with Gasteiger partial charge in [0.05, 0.1) is 11.7 Å². The van der Waals surface area contributed by atoms with E-state index in [0.717, 1.165) is 5.56 Å². The fourth-order valence-electron chi connectivity index (χ4n) is 3.04. The predicted molar refractivity (Wildman–Crippen MR) is 106 cm³/mol. The van der Waals surface area contributed by atoms with E-state index in [9.17, 15) is 8.42 Å². The number of hydrogen-bond acceptors (Lipinski definition) is 7. The lowest BCUT2D eigenvalue weighted by molar-refractivity contribution is 0.497. The van der Waals surface area contributed by atoms with Gasteiger partial charge in [-0.1, -0.05) is 54.1 Å². The first-order chi connectivity index (χ1) is 13.5. The van der Waals surface area contributed by atoms with Gasteiger partial charge < -0.3 is 9.84 Å². The van der Waals surface area contributed by atoms with Crippen molar-refractivity contribution >= 4 is 27.1 Å². The largest absolute Gasteiger partial charge is 0.418 e. The maximum Gasteiger partial charge on any atom is 0.264 e. The van der Waals surface area contributed by atoms with Crippen molar-refractivity contribution in [3.8, 4) is 0 Å². The highest BCUT2D eigenvalue weighted by Crippen LogP contribution is 2.24. The van der Waals surface area contributed by atoms with Crippen LogP contribution >= 0.6 is 11.6 Å². The Morgan fingerprint density at radius 3 is 2.54 bits per heavy atom. The van der Waals surface area contributed by atoms with E-state index in [1.165, 1.54) is 0 Å². The Morgan fingerprint density at radius 1 is 1.04 bits per heavy atom. The normalized spacial score (nSPS) is 16.6. The standard InChI is InChI=1S/C19H17ClN4O3S/c20-15-8-6-13(7-9-15)11-28(25,26)12-17-22-24-19(27-17)18-16(10-21-23-18)14-4-2-1-3-5-14/h1-9,16,21H,10-12H2. The number of rotatable bonds is 6. The number of sulfone groups is 1. The summed E-state index contributed by atoms with van der Waals surface area (Å²) < 4.78 is 30.6. The molecule has 1 aliphatic heterocycles. The topological polar surface area (TPSA) is 97.5 Å². The van der Waals surface area contributed by atoms with E-state index in [1.54, 1.807) is 24.3 Å². The molecule has 1 N–H and O–H groups in total. The van der Waals surface area contributed by atoms with Crippen LogP contribution in [0, 0.1) is 0 Å². The molecule has 1 unspecified atom stereocenters. The molecule has 2 aromatic carbocycles. The number of benzene rings is 2. The first-order valence-corrected chi connectivity index (χ1v) is 10.8. The molecule has 1 atom stereocenters. The molecule has 0 amide bonds. The summed E-state index contributed by atoms with van der Waals surface area (Å²) in [6.07, 6.45) is 0. The molecule has 0 spiro atoms. The van der Waals surface area contributed by atoms with Gasteiger partial charge >= 0.3 is 0 Å². The number of hydrazone groups is 1. The first kappa shape index (κ1) is 18.6. The van der Waals surface area contributed by atoms with Gasteiger partial charge in [0.25, 0.3) is 5.89 Å². The molecule has 2 heterocycles. The molecule has 0 saturated carbocycles. The Labute approximate surface area is 167 Å². The highest BCUT2D eigenvalue weighted by Gasteiger charge is 2.29. The lowest BCUT2D eigenvalue weighted by Crippen LogP contribution is -2.14. The third kappa shape index (κ3) is 4.23. The molecule has 0 bridgehead atoms. The zero-order valence-corrected chi connectivity index (χ0v) is 16.3. The summed E-state index contributed by atoms with van der Waals surface area (Å²) in [5.41, 5.74) is 5.28. The van der Waals surface area contributed by atoms with E-state index in [0.29, 0.717) is 22.8 Å². The molecule has 3 aromatic rings. The van der Waals surface area contributed by atoms with Crippen LogP contribution in [0.1, 0.15) is 28.8 Å². The van der Waals surface area contributed by atoms with E-state index in [-0.39, 0.29) is 29.2 Å². The molecular weight excluding hydrogens is 400 g/mol. The molecule has 0 fully saturated rings. The van der Waals surface area contributed by atoms with E-state index in [4.69, 9.17) is 16.0 Å². The highest BCUT2D eigenvalue weighted by atomic mass is 35.5. The van der Waals surface area contributed by atoms with Gasteiger partial charge in [-0.15, -0.1) is 10.2 Å². The lowest BCUT2D eigenvalue weighted by atomic mass is 9.95. The van der Waals surface area contributed by atoms with Crippen molar-refractivity contribution in [1.29, 1.82) is 0 Å². The number of nitrogens with zero attached hydrogens (tertiary/aromatic N) is 3. The van der Waals surface area contributed by atoms with Crippen molar-refractivity contribution in [2.24, 2.45) is 5.10 Å². The maximum absolute atomic E-state index is 12.5. The monoisotopic (exact) mass is 416 g/mol. The Kier molecular flexibility index (Phi) is 5.15. The fourth-order valence-corrected chi connectivity index (χ4v) is 4.47. The molecule has 0 radical (unpaired) electrons. The van der Waals surface area contributed by atoms with Crippen LogP contribution in [0.5, 0.6) is 0 Å². The summed E-state index contributed by atoms with van der Waals surface area (Å²) in [7, 11) is -3.47. The number of hydrogen-bond donors (Lipinski definition) is 1. The quantitative estimate of drug-likeness (QED) is 0.663. The van der Waals surface area contributed by atoms with Crippen LogP contribution in [0.3, 0.4) is 0 Å². The van der Waals surface area contributed by atoms with Gasteiger partial charge in [0.15, 0.2) is 9.84 Å². The van der Waals surface area contributed by atoms with Crippen LogP contribution in [-0.4, -0.2) is 30.9 Å². The third-order valence-corrected chi connectivity index (χ3v) is 6.07. The lowest BCUT2D eigenvalue weighted by Gasteiger charge is -2.09. The Morgan fingerprint density at radius 2 is 1.79 bits per heavy atom. The third-order valence-electron chi connectivity index (χ3n) is 4.36. The van der Waals surface area contributed by atoms with Crippen molar-refractivity contribution in [2.75, 3.05) is 6.54 Å². The van der Waals surface area contributed by atoms with Crippen LogP contribution < -0.4 is 5.43 Å². The second-order valence-corrected chi connectivity index (χ2v) is 8.98.